The number of methoxy groups -OCH3 is 1. The second kappa shape index (κ2) is 8.70. The molecule has 1 aromatic carbocycles. The number of halogens is 1. The smallest absolute Gasteiger partial charge is 0.233 e. The van der Waals surface area contributed by atoms with Gasteiger partial charge in [-0.25, -0.2) is 4.39 Å². The van der Waals surface area contributed by atoms with Gasteiger partial charge in [0.2, 0.25) is 5.91 Å². The van der Waals surface area contributed by atoms with Gasteiger partial charge in [0, 0.05) is 39.0 Å². The number of carbonyl (C=O) groups excluding carboxylic acids is 1. The normalized spacial score (nSPS) is 17.7. The summed E-state index contributed by atoms with van der Waals surface area (Å²) >= 11 is 0. The number of anilines is 1. The predicted molar refractivity (Wildman–Crippen MR) is 84.5 cm³/mol. The van der Waals surface area contributed by atoms with E-state index in [1.54, 1.807) is 19.2 Å². The van der Waals surface area contributed by atoms with Crippen LogP contribution in [-0.4, -0.2) is 52.3 Å². The first-order chi connectivity index (χ1) is 10.7. The number of nitrogens with zero attached hydrogens (tertiary/aromatic N) is 1. The Kier molecular flexibility index (Phi) is 6.61. The van der Waals surface area contributed by atoms with Crippen LogP contribution in [0, 0.1) is 11.7 Å². The second-order valence-corrected chi connectivity index (χ2v) is 5.55. The molecule has 0 spiro atoms. The van der Waals surface area contributed by atoms with Crippen molar-refractivity contribution in [3.63, 3.8) is 0 Å². The number of carbonyl (C=O) groups is 1. The molecule has 0 radical (unpaired) electrons. The molecule has 6 heteroatoms. The summed E-state index contributed by atoms with van der Waals surface area (Å²) in [7, 11) is 1.63. The average Bonchev–Trinajstić information content (AvgIpc) is 2.99. The molecule has 0 aliphatic carbocycles. The molecule has 1 fully saturated rings. The van der Waals surface area contributed by atoms with E-state index in [4.69, 9.17) is 4.74 Å². The van der Waals surface area contributed by atoms with Gasteiger partial charge in [-0.05, 0) is 36.6 Å². The van der Waals surface area contributed by atoms with Crippen LogP contribution in [0.3, 0.4) is 0 Å². The van der Waals surface area contributed by atoms with E-state index in [1.807, 2.05) is 0 Å². The molecule has 2 N–H and O–H groups in total. The van der Waals surface area contributed by atoms with Gasteiger partial charge in [-0.15, -0.1) is 0 Å². The van der Waals surface area contributed by atoms with Crippen molar-refractivity contribution in [1.82, 2.24) is 10.6 Å². The fraction of sp³-hybridized carbons (Fsp3) is 0.562. The molecule has 1 aliphatic rings. The van der Waals surface area contributed by atoms with Crippen LogP contribution in [0.15, 0.2) is 24.3 Å². The van der Waals surface area contributed by atoms with Crippen LogP contribution in [0.2, 0.25) is 0 Å². The molecular weight excluding hydrogens is 285 g/mol. The van der Waals surface area contributed by atoms with Crippen molar-refractivity contribution in [2.24, 2.45) is 5.92 Å². The van der Waals surface area contributed by atoms with E-state index in [1.165, 1.54) is 12.1 Å². The van der Waals surface area contributed by atoms with E-state index in [2.05, 4.69) is 15.5 Å². The summed E-state index contributed by atoms with van der Waals surface area (Å²) in [6, 6.07) is 6.57. The summed E-state index contributed by atoms with van der Waals surface area (Å²) in [5.41, 5.74) is 1.04. The zero-order valence-electron chi connectivity index (χ0n) is 13.0. The zero-order chi connectivity index (χ0) is 15.8. The Hall–Kier alpha value is -1.66. The third-order valence-electron chi connectivity index (χ3n) is 3.83. The van der Waals surface area contributed by atoms with E-state index in [0.717, 1.165) is 25.2 Å². The van der Waals surface area contributed by atoms with Gasteiger partial charge in [-0.2, -0.15) is 0 Å². The standard InChI is InChI=1S/C16H24FN3O2/c1-22-9-7-18-11-16(21)19-10-13-6-8-20(12-13)15-4-2-14(17)3-5-15/h2-5,13,18H,6-12H2,1H3,(H,19,21). The summed E-state index contributed by atoms with van der Waals surface area (Å²) < 4.78 is 17.8. The lowest BCUT2D eigenvalue weighted by molar-refractivity contribution is -0.120. The lowest BCUT2D eigenvalue weighted by atomic mass is 10.1. The van der Waals surface area contributed by atoms with Gasteiger partial charge >= 0.3 is 0 Å². The van der Waals surface area contributed by atoms with Crippen molar-refractivity contribution >= 4 is 11.6 Å². The SMILES string of the molecule is COCCNCC(=O)NCC1CCN(c2ccc(F)cc2)C1. The molecule has 5 nitrogen and oxygen atoms in total. The van der Waals surface area contributed by atoms with Crippen molar-refractivity contribution in [2.75, 3.05) is 51.3 Å². The summed E-state index contributed by atoms with van der Waals surface area (Å²) in [5, 5.41) is 5.97. The van der Waals surface area contributed by atoms with Gasteiger partial charge in [0.1, 0.15) is 5.82 Å². The van der Waals surface area contributed by atoms with Crippen molar-refractivity contribution in [3.8, 4) is 0 Å². The molecule has 0 aromatic heterocycles. The molecule has 0 saturated carbocycles. The Morgan fingerprint density at radius 3 is 2.91 bits per heavy atom. The third kappa shape index (κ3) is 5.27. The van der Waals surface area contributed by atoms with Crippen molar-refractivity contribution in [1.29, 1.82) is 0 Å². The molecule has 0 bridgehead atoms. The lowest BCUT2D eigenvalue weighted by Crippen LogP contribution is -2.38. The highest BCUT2D eigenvalue weighted by Gasteiger charge is 2.22. The largest absolute Gasteiger partial charge is 0.383 e. The van der Waals surface area contributed by atoms with Crippen LogP contribution in [0.25, 0.3) is 0 Å². The highest BCUT2D eigenvalue weighted by Crippen LogP contribution is 2.23. The van der Waals surface area contributed by atoms with Crippen molar-refractivity contribution in [3.05, 3.63) is 30.1 Å². The van der Waals surface area contributed by atoms with Gasteiger partial charge in [0.15, 0.2) is 0 Å². The van der Waals surface area contributed by atoms with E-state index >= 15 is 0 Å². The van der Waals surface area contributed by atoms with Crippen LogP contribution in [0.4, 0.5) is 10.1 Å². The minimum Gasteiger partial charge on any atom is -0.383 e. The Labute approximate surface area is 130 Å². The van der Waals surface area contributed by atoms with Gasteiger partial charge in [0.05, 0.1) is 13.2 Å². The number of benzene rings is 1. The van der Waals surface area contributed by atoms with Gasteiger partial charge < -0.3 is 20.3 Å². The van der Waals surface area contributed by atoms with Crippen LogP contribution in [-0.2, 0) is 9.53 Å². The zero-order valence-corrected chi connectivity index (χ0v) is 13.0. The third-order valence-corrected chi connectivity index (χ3v) is 3.83. The Balaban J connectivity index is 1.66. The van der Waals surface area contributed by atoms with Crippen LogP contribution in [0.5, 0.6) is 0 Å². The number of amides is 1. The number of hydrogen-bond acceptors (Lipinski definition) is 4. The molecular formula is C16H24FN3O2. The maximum absolute atomic E-state index is 12.9. The molecule has 1 unspecified atom stereocenters. The van der Waals surface area contributed by atoms with Gasteiger partial charge in [-0.3, -0.25) is 4.79 Å². The number of hydrogen-bond donors (Lipinski definition) is 2. The summed E-state index contributed by atoms with van der Waals surface area (Å²) in [6.45, 7) is 4.11. The van der Waals surface area contributed by atoms with Crippen LogP contribution < -0.4 is 15.5 Å². The Bertz CT molecular complexity index is 467. The first kappa shape index (κ1) is 16.7. The van der Waals surface area contributed by atoms with E-state index in [9.17, 15) is 9.18 Å². The summed E-state index contributed by atoms with van der Waals surface area (Å²) in [5.74, 6) is 0.233. The van der Waals surface area contributed by atoms with E-state index in [0.29, 0.717) is 32.2 Å². The molecule has 2 rings (SSSR count). The number of ether oxygens (including phenoxy) is 1. The van der Waals surface area contributed by atoms with Crippen molar-refractivity contribution in [2.45, 2.75) is 6.42 Å². The fourth-order valence-electron chi connectivity index (χ4n) is 2.58. The van der Waals surface area contributed by atoms with Gasteiger partial charge in [0.25, 0.3) is 0 Å². The van der Waals surface area contributed by atoms with E-state index in [-0.39, 0.29) is 11.7 Å². The maximum Gasteiger partial charge on any atom is 0.233 e. The molecule has 1 heterocycles. The highest BCUT2D eigenvalue weighted by molar-refractivity contribution is 5.77. The van der Waals surface area contributed by atoms with E-state index < -0.39 is 0 Å². The monoisotopic (exact) mass is 309 g/mol. The Morgan fingerprint density at radius 1 is 1.41 bits per heavy atom. The summed E-state index contributed by atoms with van der Waals surface area (Å²) in [4.78, 5) is 13.9. The van der Waals surface area contributed by atoms with Crippen molar-refractivity contribution < 1.29 is 13.9 Å². The average molecular weight is 309 g/mol. The minimum absolute atomic E-state index is 0.0105. The van der Waals surface area contributed by atoms with Crippen LogP contribution >= 0.6 is 0 Å². The number of nitrogens with one attached hydrogen (secondary N) is 2. The molecule has 1 aliphatic heterocycles. The highest BCUT2D eigenvalue weighted by atomic mass is 19.1. The fourth-order valence-corrected chi connectivity index (χ4v) is 2.58. The Morgan fingerprint density at radius 2 is 2.18 bits per heavy atom. The van der Waals surface area contributed by atoms with Crippen LogP contribution in [0.1, 0.15) is 6.42 Å². The molecule has 122 valence electrons. The molecule has 22 heavy (non-hydrogen) atoms. The molecule has 1 atom stereocenters. The predicted octanol–water partition coefficient (Wildman–Crippen LogP) is 1.00. The molecule has 1 saturated heterocycles. The lowest BCUT2D eigenvalue weighted by Gasteiger charge is -2.18. The van der Waals surface area contributed by atoms with Gasteiger partial charge in [-0.1, -0.05) is 0 Å². The molecule has 1 amide bonds. The molecule has 1 aromatic rings. The number of rotatable bonds is 8. The minimum atomic E-state index is -0.215. The second-order valence-electron chi connectivity index (χ2n) is 5.55. The maximum atomic E-state index is 12.9. The first-order valence-corrected chi connectivity index (χ1v) is 7.66. The first-order valence-electron chi connectivity index (χ1n) is 7.66. The summed E-state index contributed by atoms with van der Waals surface area (Å²) in [6.07, 6.45) is 1.04. The quantitative estimate of drug-likeness (QED) is 0.704. The topological polar surface area (TPSA) is 53.6 Å².